The predicted molar refractivity (Wildman–Crippen MR) is 78.8 cm³/mol. The van der Waals surface area contributed by atoms with Crippen LogP contribution in [0.25, 0.3) is 0 Å². The van der Waals surface area contributed by atoms with E-state index in [1.165, 1.54) is 18.2 Å². The Hall–Kier alpha value is -1.01. The van der Waals surface area contributed by atoms with Gasteiger partial charge in [0, 0.05) is 11.6 Å². The Labute approximate surface area is 124 Å². The van der Waals surface area contributed by atoms with Gasteiger partial charge in [0.1, 0.15) is 11.6 Å². The average molecular weight is 317 g/mol. The van der Waals surface area contributed by atoms with Crippen LogP contribution in [0.2, 0.25) is 0 Å². The fourth-order valence-corrected chi connectivity index (χ4v) is 4.74. The van der Waals surface area contributed by atoms with Crippen molar-refractivity contribution < 1.29 is 17.2 Å². The second-order valence-electron chi connectivity index (χ2n) is 5.65. The third kappa shape index (κ3) is 4.23. The number of halogens is 2. The molecular weight excluding hydrogens is 296 g/mol. The maximum atomic E-state index is 14.0. The van der Waals surface area contributed by atoms with Crippen molar-refractivity contribution >= 4 is 9.84 Å². The first kappa shape index (κ1) is 16.4. The third-order valence-corrected chi connectivity index (χ3v) is 5.72. The van der Waals surface area contributed by atoms with Gasteiger partial charge in [-0.1, -0.05) is 13.0 Å². The molecule has 21 heavy (non-hydrogen) atoms. The van der Waals surface area contributed by atoms with Crippen LogP contribution in [-0.4, -0.2) is 26.5 Å². The summed E-state index contributed by atoms with van der Waals surface area (Å²) in [6.07, 6.45) is 1.86. The minimum Gasteiger partial charge on any atom is -0.310 e. The zero-order valence-corrected chi connectivity index (χ0v) is 12.9. The Bertz CT molecular complexity index is 569. The first-order valence-electron chi connectivity index (χ1n) is 7.30. The minimum absolute atomic E-state index is 0.0234. The van der Waals surface area contributed by atoms with E-state index in [4.69, 9.17) is 0 Å². The molecule has 0 aromatic heterocycles. The Morgan fingerprint density at radius 2 is 2.00 bits per heavy atom. The van der Waals surface area contributed by atoms with Crippen molar-refractivity contribution in [2.75, 3.05) is 18.1 Å². The van der Waals surface area contributed by atoms with Crippen LogP contribution in [0.15, 0.2) is 18.2 Å². The van der Waals surface area contributed by atoms with Gasteiger partial charge in [-0.25, -0.2) is 17.2 Å². The molecule has 1 aliphatic heterocycles. The molecule has 1 saturated heterocycles. The summed E-state index contributed by atoms with van der Waals surface area (Å²) < 4.78 is 51.0. The number of sulfone groups is 1. The first-order chi connectivity index (χ1) is 9.93. The number of nitrogens with one attached hydrogen (secondary N) is 1. The van der Waals surface area contributed by atoms with Gasteiger partial charge < -0.3 is 5.32 Å². The molecule has 0 amide bonds. The highest BCUT2D eigenvalue weighted by Gasteiger charge is 2.31. The second-order valence-corrected chi connectivity index (χ2v) is 7.88. The molecule has 1 aromatic rings. The van der Waals surface area contributed by atoms with E-state index in [1.807, 2.05) is 6.92 Å². The Morgan fingerprint density at radius 3 is 2.52 bits per heavy atom. The molecule has 2 unspecified atom stereocenters. The van der Waals surface area contributed by atoms with Gasteiger partial charge in [0.2, 0.25) is 0 Å². The van der Waals surface area contributed by atoms with E-state index in [1.54, 1.807) is 0 Å². The lowest BCUT2D eigenvalue weighted by molar-refractivity contribution is 0.389. The van der Waals surface area contributed by atoms with E-state index < -0.39 is 27.5 Å². The molecule has 1 fully saturated rings. The maximum absolute atomic E-state index is 14.0. The highest BCUT2D eigenvalue weighted by Crippen LogP contribution is 2.31. The van der Waals surface area contributed by atoms with Crippen molar-refractivity contribution in [3.8, 4) is 0 Å². The van der Waals surface area contributed by atoms with Gasteiger partial charge in [-0.15, -0.1) is 0 Å². The molecule has 2 atom stereocenters. The third-order valence-electron chi connectivity index (χ3n) is 3.88. The maximum Gasteiger partial charge on any atom is 0.150 e. The van der Waals surface area contributed by atoms with E-state index in [0.717, 1.165) is 6.42 Å². The molecule has 6 heteroatoms. The SMILES string of the molecule is CCCNC(CC1CCS(=O)(=O)C1)c1c(F)cccc1F. The molecule has 0 spiro atoms. The Balaban J connectivity index is 2.18. The number of benzene rings is 1. The van der Waals surface area contributed by atoms with Crippen molar-refractivity contribution in [1.29, 1.82) is 0 Å². The molecule has 1 N–H and O–H groups in total. The van der Waals surface area contributed by atoms with Crippen LogP contribution < -0.4 is 5.32 Å². The first-order valence-corrected chi connectivity index (χ1v) is 9.13. The zero-order valence-electron chi connectivity index (χ0n) is 12.1. The lowest BCUT2D eigenvalue weighted by atomic mass is 9.93. The molecule has 2 rings (SSSR count). The summed E-state index contributed by atoms with van der Waals surface area (Å²) in [5, 5.41) is 3.15. The van der Waals surface area contributed by atoms with Gasteiger partial charge in [0.15, 0.2) is 9.84 Å². The summed E-state index contributed by atoms with van der Waals surface area (Å²) >= 11 is 0. The fourth-order valence-electron chi connectivity index (χ4n) is 2.86. The van der Waals surface area contributed by atoms with Crippen molar-refractivity contribution in [1.82, 2.24) is 5.32 Å². The van der Waals surface area contributed by atoms with Crippen LogP contribution in [0.5, 0.6) is 0 Å². The summed E-state index contributed by atoms with van der Waals surface area (Å²) in [5.74, 6) is -0.900. The lowest BCUT2D eigenvalue weighted by Crippen LogP contribution is -2.26. The van der Waals surface area contributed by atoms with E-state index >= 15 is 0 Å². The molecule has 1 aromatic carbocycles. The monoisotopic (exact) mass is 317 g/mol. The van der Waals surface area contributed by atoms with Crippen LogP contribution in [-0.2, 0) is 9.84 Å². The number of rotatable bonds is 6. The molecule has 3 nitrogen and oxygen atoms in total. The molecular formula is C15H21F2NO2S. The summed E-state index contributed by atoms with van der Waals surface area (Å²) in [6.45, 7) is 2.61. The fraction of sp³-hybridized carbons (Fsp3) is 0.600. The van der Waals surface area contributed by atoms with Gasteiger partial charge in [-0.3, -0.25) is 0 Å². The van der Waals surface area contributed by atoms with Crippen LogP contribution in [0.3, 0.4) is 0 Å². The van der Waals surface area contributed by atoms with Crippen molar-refractivity contribution in [3.63, 3.8) is 0 Å². The lowest BCUT2D eigenvalue weighted by Gasteiger charge is -2.22. The molecule has 1 aliphatic rings. The molecule has 0 bridgehead atoms. The van der Waals surface area contributed by atoms with E-state index in [0.29, 0.717) is 19.4 Å². The largest absolute Gasteiger partial charge is 0.310 e. The summed E-state index contributed by atoms with van der Waals surface area (Å²) in [4.78, 5) is 0. The minimum atomic E-state index is -2.98. The molecule has 118 valence electrons. The van der Waals surface area contributed by atoms with Gasteiger partial charge in [0.05, 0.1) is 11.5 Å². The number of hydrogen-bond donors (Lipinski definition) is 1. The van der Waals surface area contributed by atoms with E-state index in [-0.39, 0.29) is 23.0 Å². The smallest absolute Gasteiger partial charge is 0.150 e. The van der Waals surface area contributed by atoms with Crippen molar-refractivity contribution in [3.05, 3.63) is 35.4 Å². The Morgan fingerprint density at radius 1 is 1.33 bits per heavy atom. The van der Waals surface area contributed by atoms with Gasteiger partial charge >= 0.3 is 0 Å². The van der Waals surface area contributed by atoms with Gasteiger partial charge in [0.25, 0.3) is 0 Å². The van der Waals surface area contributed by atoms with Crippen molar-refractivity contribution in [2.45, 2.75) is 32.2 Å². The number of hydrogen-bond acceptors (Lipinski definition) is 3. The van der Waals surface area contributed by atoms with E-state index in [2.05, 4.69) is 5.32 Å². The van der Waals surface area contributed by atoms with E-state index in [9.17, 15) is 17.2 Å². The average Bonchev–Trinajstić information content (AvgIpc) is 2.74. The highest BCUT2D eigenvalue weighted by atomic mass is 32.2. The topological polar surface area (TPSA) is 46.2 Å². The highest BCUT2D eigenvalue weighted by molar-refractivity contribution is 7.91. The van der Waals surface area contributed by atoms with Gasteiger partial charge in [-0.05, 0) is 43.9 Å². The summed E-state index contributed by atoms with van der Waals surface area (Å²) in [6, 6.07) is 3.34. The van der Waals surface area contributed by atoms with Gasteiger partial charge in [-0.2, -0.15) is 0 Å². The summed E-state index contributed by atoms with van der Waals surface area (Å²) in [5.41, 5.74) is 0.0234. The normalized spacial score (nSPS) is 22.3. The quantitative estimate of drug-likeness (QED) is 0.877. The van der Waals surface area contributed by atoms with Crippen LogP contribution in [0.4, 0.5) is 8.78 Å². The summed E-state index contributed by atoms with van der Waals surface area (Å²) in [7, 11) is -2.98. The van der Waals surface area contributed by atoms with Crippen molar-refractivity contribution in [2.24, 2.45) is 5.92 Å². The molecule has 1 heterocycles. The van der Waals surface area contributed by atoms with Crippen LogP contribution >= 0.6 is 0 Å². The molecule has 0 radical (unpaired) electrons. The van der Waals surface area contributed by atoms with Crippen LogP contribution in [0, 0.1) is 17.6 Å². The van der Waals surface area contributed by atoms with Crippen LogP contribution in [0.1, 0.15) is 37.8 Å². The molecule has 0 aliphatic carbocycles. The second kappa shape index (κ2) is 6.83. The predicted octanol–water partition coefficient (Wildman–Crippen LogP) is 2.83. The standard InChI is InChI=1S/C15H21F2NO2S/c1-2-7-18-14(9-11-6-8-21(19,20)10-11)15-12(16)4-3-5-13(15)17/h3-5,11,14,18H,2,6-10H2,1H3. The molecule has 0 saturated carbocycles. The zero-order chi connectivity index (χ0) is 15.5. The Kier molecular flexibility index (Phi) is 5.32.